The molecule has 0 spiro atoms. The standard InChI is InChI=1S/C20H23N5OS/c1-13-6-4-8-24(12-13)19(26)16-11-22-25(15(16)3)20-21-10-14(2)18(23-20)17-7-5-9-27-17/h5,7,9-11,13H,4,6,8,12H2,1-3H3/t13-/m1/s1. The molecule has 0 bridgehead atoms. The summed E-state index contributed by atoms with van der Waals surface area (Å²) in [5.74, 6) is 1.09. The van der Waals surface area contributed by atoms with Crippen molar-refractivity contribution in [3.8, 4) is 16.5 Å². The van der Waals surface area contributed by atoms with Crippen molar-refractivity contribution >= 4 is 17.2 Å². The first-order valence-electron chi connectivity index (χ1n) is 9.26. The summed E-state index contributed by atoms with van der Waals surface area (Å²) < 4.78 is 1.66. The summed E-state index contributed by atoms with van der Waals surface area (Å²) in [5.41, 5.74) is 3.33. The van der Waals surface area contributed by atoms with Crippen molar-refractivity contribution in [3.63, 3.8) is 0 Å². The van der Waals surface area contributed by atoms with Crippen LogP contribution in [0.3, 0.4) is 0 Å². The topological polar surface area (TPSA) is 63.9 Å². The summed E-state index contributed by atoms with van der Waals surface area (Å²) in [4.78, 5) is 25.2. The Morgan fingerprint density at radius 1 is 1.30 bits per heavy atom. The number of carbonyl (C=O) groups excluding carboxylic acids is 1. The van der Waals surface area contributed by atoms with Gasteiger partial charge >= 0.3 is 0 Å². The number of thiophene rings is 1. The summed E-state index contributed by atoms with van der Waals surface area (Å²) in [6, 6.07) is 4.06. The number of aromatic nitrogens is 4. The van der Waals surface area contributed by atoms with Crippen LogP contribution in [0.15, 0.2) is 29.9 Å². The van der Waals surface area contributed by atoms with Gasteiger partial charge in [0.15, 0.2) is 0 Å². The monoisotopic (exact) mass is 381 g/mol. The maximum absolute atomic E-state index is 13.0. The molecule has 0 aromatic carbocycles. The zero-order valence-electron chi connectivity index (χ0n) is 15.8. The van der Waals surface area contributed by atoms with Crippen molar-refractivity contribution < 1.29 is 4.79 Å². The molecule has 0 saturated carbocycles. The lowest BCUT2D eigenvalue weighted by molar-refractivity contribution is 0.0682. The molecular formula is C20H23N5OS. The predicted octanol–water partition coefficient (Wildman–Crippen LogP) is 3.88. The van der Waals surface area contributed by atoms with E-state index in [1.54, 1.807) is 22.2 Å². The Labute approximate surface area is 162 Å². The van der Waals surface area contributed by atoms with Gasteiger partial charge in [-0.2, -0.15) is 5.10 Å². The molecule has 1 saturated heterocycles. The fourth-order valence-electron chi connectivity index (χ4n) is 3.56. The lowest BCUT2D eigenvalue weighted by Crippen LogP contribution is -2.39. The Morgan fingerprint density at radius 2 is 2.15 bits per heavy atom. The second-order valence-electron chi connectivity index (χ2n) is 7.23. The van der Waals surface area contributed by atoms with E-state index in [2.05, 4.69) is 17.0 Å². The normalized spacial score (nSPS) is 17.3. The van der Waals surface area contributed by atoms with E-state index in [4.69, 9.17) is 4.98 Å². The Bertz CT molecular complexity index is 963. The number of nitrogens with zero attached hydrogens (tertiary/aromatic N) is 5. The van der Waals surface area contributed by atoms with E-state index < -0.39 is 0 Å². The van der Waals surface area contributed by atoms with Crippen LogP contribution in [-0.4, -0.2) is 43.6 Å². The molecule has 0 unspecified atom stereocenters. The highest BCUT2D eigenvalue weighted by Crippen LogP contribution is 2.26. The molecule has 3 aromatic heterocycles. The van der Waals surface area contributed by atoms with Gasteiger partial charge in [-0.25, -0.2) is 14.6 Å². The molecule has 7 heteroatoms. The Hall–Kier alpha value is -2.54. The number of hydrogen-bond donors (Lipinski definition) is 0. The van der Waals surface area contributed by atoms with Gasteiger partial charge in [-0.05, 0) is 49.6 Å². The zero-order chi connectivity index (χ0) is 19.0. The highest BCUT2D eigenvalue weighted by atomic mass is 32.1. The van der Waals surface area contributed by atoms with Crippen LogP contribution in [0.2, 0.25) is 0 Å². The summed E-state index contributed by atoms with van der Waals surface area (Å²) in [5, 5.41) is 6.45. The number of piperidine rings is 1. The maximum Gasteiger partial charge on any atom is 0.257 e. The largest absolute Gasteiger partial charge is 0.338 e. The number of aryl methyl sites for hydroxylation is 1. The number of carbonyl (C=O) groups is 1. The summed E-state index contributed by atoms with van der Waals surface area (Å²) in [6.45, 7) is 7.73. The van der Waals surface area contributed by atoms with E-state index in [-0.39, 0.29) is 5.91 Å². The van der Waals surface area contributed by atoms with Crippen molar-refractivity contribution in [1.82, 2.24) is 24.6 Å². The molecule has 6 nitrogen and oxygen atoms in total. The van der Waals surface area contributed by atoms with E-state index in [9.17, 15) is 4.79 Å². The minimum Gasteiger partial charge on any atom is -0.338 e. The van der Waals surface area contributed by atoms with Gasteiger partial charge in [0.2, 0.25) is 0 Å². The molecule has 1 aliphatic rings. The third kappa shape index (κ3) is 3.39. The fraction of sp³-hybridized carbons (Fsp3) is 0.400. The molecule has 1 aliphatic heterocycles. The number of rotatable bonds is 3. The van der Waals surface area contributed by atoms with E-state index in [0.29, 0.717) is 17.4 Å². The Kier molecular flexibility index (Phi) is 4.78. The first kappa shape index (κ1) is 17.9. The van der Waals surface area contributed by atoms with Crippen molar-refractivity contribution in [2.75, 3.05) is 13.1 Å². The molecule has 0 radical (unpaired) electrons. The molecule has 4 rings (SSSR count). The van der Waals surface area contributed by atoms with Gasteiger partial charge in [0.25, 0.3) is 11.9 Å². The highest BCUT2D eigenvalue weighted by molar-refractivity contribution is 7.13. The minimum atomic E-state index is 0.0518. The van der Waals surface area contributed by atoms with Crippen molar-refractivity contribution in [2.24, 2.45) is 5.92 Å². The third-order valence-corrected chi connectivity index (χ3v) is 5.96. The average molecular weight is 382 g/mol. The lowest BCUT2D eigenvalue weighted by Gasteiger charge is -2.30. The quantitative estimate of drug-likeness (QED) is 0.691. The van der Waals surface area contributed by atoms with Crippen molar-refractivity contribution in [1.29, 1.82) is 0 Å². The second-order valence-corrected chi connectivity index (χ2v) is 8.18. The smallest absolute Gasteiger partial charge is 0.257 e. The van der Waals surface area contributed by atoms with Crippen LogP contribution < -0.4 is 0 Å². The molecule has 1 fully saturated rings. The summed E-state index contributed by atoms with van der Waals surface area (Å²) in [7, 11) is 0. The molecule has 0 aliphatic carbocycles. The molecule has 27 heavy (non-hydrogen) atoms. The van der Waals surface area contributed by atoms with Crippen molar-refractivity contribution in [2.45, 2.75) is 33.6 Å². The fourth-order valence-corrected chi connectivity index (χ4v) is 4.34. The van der Waals surface area contributed by atoms with E-state index >= 15 is 0 Å². The maximum atomic E-state index is 13.0. The van der Waals surface area contributed by atoms with E-state index in [0.717, 1.165) is 41.3 Å². The number of hydrogen-bond acceptors (Lipinski definition) is 5. The van der Waals surface area contributed by atoms with E-state index in [1.165, 1.54) is 6.42 Å². The summed E-state index contributed by atoms with van der Waals surface area (Å²) >= 11 is 1.65. The van der Waals surface area contributed by atoms with Crippen LogP contribution in [0.1, 0.15) is 41.4 Å². The van der Waals surface area contributed by atoms with Crippen LogP contribution in [0.5, 0.6) is 0 Å². The molecule has 1 atom stereocenters. The Morgan fingerprint density at radius 3 is 2.89 bits per heavy atom. The third-order valence-electron chi connectivity index (χ3n) is 5.09. The Balaban J connectivity index is 1.66. The van der Waals surface area contributed by atoms with Crippen molar-refractivity contribution in [3.05, 3.63) is 46.7 Å². The predicted molar refractivity (Wildman–Crippen MR) is 106 cm³/mol. The second kappa shape index (κ2) is 7.23. The van der Waals surface area contributed by atoms with Gasteiger partial charge < -0.3 is 4.90 Å². The first-order chi connectivity index (χ1) is 13.0. The SMILES string of the molecule is Cc1cnc(-n2ncc(C(=O)N3CCC[C@@H](C)C3)c2C)nc1-c1cccs1. The van der Waals surface area contributed by atoms with Gasteiger partial charge in [0.05, 0.1) is 28.0 Å². The molecule has 140 valence electrons. The van der Waals surface area contributed by atoms with Gasteiger partial charge in [-0.3, -0.25) is 4.79 Å². The van der Waals surface area contributed by atoms with E-state index in [1.807, 2.05) is 42.5 Å². The zero-order valence-corrected chi connectivity index (χ0v) is 16.7. The van der Waals surface area contributed by atoms with Crippen LogP contribution in [0.25, 0.3) is 16.5 Å². The summed E-state index contributed by atoms with van der Waals surface area (Å²) in [6.07, 6.45) is 5.70. The first-order valence-corrected chi connectivity index (χ1v) is 10.1. The van der Waals surface area contributed by atoms with Crippen LogP contribution in [-0.2, 0) is 0 Å². The lowest BCUT2D eigenvalue weighted by atomic mass is 9.99. The van der Waals surface area contributed by atoms with Crippen LogP contribution in [0, 0.1) is 19.8 Å². The number of likely N-dealkylation sites (tertiary alicyclic amines) is 1. The molecule has 0 N–H and O–H groups in total. The molecule has 4 heterocycles. The van der Waals surface area contributed by atoms with Crippen LogP contribution >= 0.6 is 11.3 Å². The van der Waals surface area contributed by atoms with Gasteiger partial charge in [0.1, 0.15) is 0 Å². The van der Waals surface area contributed by atoms with Gasteiger partial charge in [-0.1, -0.05) is 13.0 Å². The molecular weight excluding hydrogens is 358 g/mol. The highest BCUT2D eigenvalue weighted by Gasteiger charge is 2.25. The van der Waals surface area contributed by atoms with Gasteiger partial charge in [-0.15, -0.1) is 11.3 Å². The minimum absolute atomic E-state index is 0.0518. The van der Waals surface area contributed by atoms with Crippen LogP contribution in [0.4, 0.5) is 0 Å². The molecule has 1 amide bonds. The number of amides is 1. The average Bonchev–Trinajstić information content (AvgIpc) is 3.32. The molecule has 3 aromatic rings. The van der Waals surface area contributed by atoms with Gasteiger partial charge in [0, 0.05) is 19.3 Å².